The Balaban J connectivity index is 1.77. The van der Waals surface area contributed by atoms with Crippen LogP contribution in [0.5, 0.6) is 0 Å². The Morgan fingerprint density at radius 3 is 2.80 bits per heavy atom. The first-order valence-electron chi connectivity index (χ1n) is 7.09. The Morgan fingerprint density at radius 1 is 1.30 bits per heavy atom. The fraction of sp³-hybridized carbons (Fsp3) is 0.533. The largest absolute Gasteiger partial charge is 0.371 e. The number of nitrogens with zero attached hydrogens (tertiary/aromatic N) is 1. The monoisotopic (exact) mass is 294 g/mol. The molecule has 0 unspecified atom stereocenters. The van der Waals surface area contributed by atoms with Crippen LogP contribution in [-0.2, 0) is 4.74 Å². The molecule has 0 aromatic heterocycles. The number of benzene rings is 1. The normalized spacial score (nSPS) is 21.9. The minimum Gasteiger partial charge on any atom is -0.371 e. The van der Waals surface area contributed by atoms with E-state index in [2.05, 4.69) is 5.32 Å². The van der Waals surface area contributed by atoms with Crippen LogP contribution in [0.15, 0.2) is 24.3 Å². The third kappa shape index (κ3) is 2.68. The molecule has 1 spiro atoms. The molecule has 1 amide bonds. The van der Waals surface area contributed by atoms with Crippen LogP contribution >= 0.6 is 11.6 Å². The molecule has 1 aromatic carbocycles. The van der Waals surface area contributed by atoms with Crippen LogP contribution in [0.4, 0.5) is 0 Å². The molecule has 0 atom stereocenters. The van der Waals surface area contributed by atoms with Gasteiger partial charge in [0.1, 0.15) is 0 Å². The first-order valence-corrected chi connectivity index (χ1v) is 7.47. The van der Waals surface area contributed by atoms with E-state index in [1.807, 2.05) is 17.0 Å². The fourth-order valence-electron chi connectivity index (χ4n) is 3.01. The van der Waals surface area contributed by atoms with Gasteiger partial charge >= 0.3 is 0 Å². The topological polar surface area (TPSA) is 41.6 Å². The van der Waals surface area contributed by atoms with Crippen molar-refractivity contribution in [2.45, 2.75) is 18.4 Å². The molecule has 3 rings (SSSR count). The van der Waals surface area contributed by atoms with Crippen molar-refractivity contribution in [2.24, 2.45) is 0 Å². The fourth-order valence-corrected chi connectivity index (χ4v) is 3.22. The van der Waals surface area contributed by atoms with Gasteiger partial charge in [-0.3, -0.25) is 4.79 Å². The molecule has 1 aromatic rings. The van der Waals surface area contributed by atoms with Gasteiger partial charge in [-0.15, -0.1) is 0 Å². The summed E-state index contributed by atoms with van der Waals surface area (Å²) in [4.78, 5) is 14.5. The number of amides is 1. The van der Waals surface area contributed by atoms with E-state index in [0.717, 1.165) is 25.9 Å². The number of rotatable bonds is 1. The third-order valence-corrected chi connectivity index (χ3v) is 4.48. The van der Waals surface area contributed by atoms with Crippen LogP contribution in [0.2, 0.25) is 5.02 Å². The van der Waals surface area contributed by atoms with Gasteiger partial charge in [-0.2, -0.15) is 0 Å². The minimum absolute atomic E-state index is 0.0109. The van der Waals surface area contributed by atoms with Crippen molar-refractivity contribution in [1.82, 2.24) is 10.2 Å². The second-order valence-electron chi connectivity index (χ2n) is 5.49. The summed E-state index contributed by atoms with van der Waals surface area (Å²) in [5.74, 6) is 0.0109. The molecule has 0 radical (unpaired) electrons. The van der Waals surface area contributed by atoms with Crippen molar-refractivity contribution < 1.29 is 9.53 Å². The van der Waals surface area contributed by atoms with Gasteiger partial charge in [-0.25, -0.2) is 0 Å². The van der Waals surface area contributed by atoms with Crippen molar-refractivity contribution in [3.63, 3.8) is 0 Å². The summed E-state index contributed by atoms with van der Waals surface area (Å²) in [6.45, 7) is 3.82. The number of carbonyl (C=O) groups is 1. The molecule has 0 bridgehead atoms. The Morgan fingerprint density at radius 2 is 2.05 bits per heavy atom. The minimum atomic E-state index is -0.166. The van der Waals surface area contributed by atoms with Crippen LogP contribution in [0.1, 0.15) is 23.2 Å². The smallest absolute Gasteiger partial charge is 0.255 e. The van der Waals surface area contributed by atoms with Crippen molar-refractivity contribution in [3.05, 3.63) is 34.9 Å². The summed E-state index contributed by atoms with van der Waals surface area (Å²) in [7, 11) is 0. The number of nitrogens with one attached hydrogen (secondary N) is 1. The Bertz CT molecular complexity index is 495. The average Bonchev–Trinajstić information content (AvgIpc) is 2.48. The SMILES string of the molecule is O=C(c1ccccc1Cl)N1CCOC2(CCNCC2)C1. The molecular formula is C15H19ClN2O2. The highest BCUT2D eigenvalue weighted by molar-refractivity contribution is 6.33. The Labute approximate surface area is 124 Å². The maximum absolute atomic E-state index is 12.6. The highest BCUT2D eigenvalue weighted by Gasteiger charge is 2.39. The van der Waals surface area contributed by atoms with Gasteiger partial charge in [0.2, 0.25) is 0 Å². The number of morpholine rings is 1. The third-order valence-electron chi connectivity index (χ3n) is 4.15. The number of hydrogen-bond acceptors (Lipinski definition) is 3. The predicted octanol–water partition coefficient (Wildman–Crippen LogP) is 1.93. The second-order valence-corrected chi connectivity index (χ2v) is 5.90. The molecular weight excluding hydrogens is 276 g/mol. The molecule has 0 aliphatic carbocycles. The summed E-state index contributed by atoms with van der Waals surface area (Å²) >= 11 is 6.13. The molecule has 20 heavy (non-hydrogen) atoms. The number of piperidine rings is 1. The molecule has 0 saturated carbocycles. The lowest BCUT2D eigenvalue weighted by atomic mass is 9.90. The standard InChI is InChI=1S/C15H19ClN2O2/c16-13-4-2-1-3-12(13)14(19)18-9-10-20-15(11-18)5-7-17-8-6-15/h1-4,17H,5-11H2. The Hall–Kier alpha value is -1.10. The second kappa shape index (κ2) is 5.72. The van der Waals surface area contributed by atoms with Gasteiger partial charge in [0, 0.05) is 6.54 Å². The van der Waals surface area contributed by atoms with E-state index in [-0.39, 0.29) is 11.5 Å². The number of carbonyl (C=O) groups excluding carboxylic acids is 1. The van der Waals surface area contributed by atoms with Crippen molar-refractivity contribution in [1.29, 1.82) is 0 Å². The summed E-state index contributed by atoms with van der Waals surface area (Å²) in [6.07, 6.45) is 1.92. The van der Waals surface area contributed by atoms with E-state index < -0.39 is 0 Å². The summed E-state index contributed by atoms with van der Waals surface area (Å²) < 4.78 is 5.99. The van der Waals surface area contributed by atoms with Crippen LogP contribution in [0, 0.1) is 0 Å². The first kappa shape index (κ1) is 13.9. The van der Waals surface area contributed by atoms with E-state index in [0.29, 0.717) is 30.3 Å². The van der Waals surface area contributed by atoms with E-state index in [4.69, 9.17) is 16.3 Å². The highest BCUT2D eigenvalue weighted by atomic mass is 35.5. The van der Waals surface area contributed by atoms with Gasteiger partial charge in [0.05, 0.1) is 29.3 Å². The predicted molar refractivity (Wildman–Crippen MR) is 78.1 cm³/mol. The maximum Gasteiger partial charge on any atom is 0.255 e. The van der Waals surface area contributed by atoms with Gasteiger partial charge in [0.25, 0.3) is 5.91 Å². The molecule has 108 valence electrons. The average molecular weight is 295 g/mol. The summed E-state index contributed by atoms with van der Waals surface area (Å²) in [5, 5.41) is 3.85. The first-order chi connectivity index (χ1) is 9.70. The maximum atomic E-state index is 12.6. The zero-order valence-electron chi connectivity index (χ0n) is 11.4. The van der Waals surface area contributed by atoms with E-state index in [1.54, 1.807) is 12.1 Å². The van der Waals surface area contributed by atoms with Crippen LogP contribution in [-0.4, -0.2) is 49.2 Å². The lowest BCUT2D eigenvalue weighted by molar-refractivity contribution is -0.114. The van der Waals surface area contributed by atoms with Crippen LogP contribution < -0.4 is 5.32 Å². The summed E-state index contributed by atoms with van der Waals surface area (Å²) in [5.41, 5.74) is 0.417. The van der Waals surface area contributed by atoms with Gasteiger partial charge in [-0.1, -0.05) is 23.7 Å². The van der Waals surface area contributed by atoms with Crippen LogP contribution in [0.25, 0.3) is 0 Å². The zero-order valence-corrected chi connectivity index (χ0v) is 12.2. The lowest BCUT2D eigenvalue weighted by Gasteiger charge is -2.45. The van der Waals surface area contributed by atoms with Gasteiger partial charge in [-0.05, 0) is 38.1 Å². The lowest BCUT2D eigenvalue weighted by Crippen LogP contribution is -2.57. The highest BCUT2D eigenvalue weighted by Crippen LogP contribution is 2.29. The molecule has 2 heterocycles. The van der Waals surface area contributed by atoms with E-state index in [1.165, 1.54) is 0 Å². The number of hydrogen-bond donors (Lipinski definition) is 1. The van der Waals surface area contributed by atoms with Crippen molar-refractivity contribution >= 4 is 17.5 Å². The molecule has 2 aliphatic heterocycles. The number of halogens is 1. The van der Waals surface area contributed by atoms with E-state index >= 15 is 0 Å². The molecule has 2 saturated heterocycles. The van der Waals surface area contributed by atoms with E-state index in [9.17, 15) is 4.79 Å². The van der Waals surface area contributed by atoms with Gasteiger partial charge in [0.15, 0.2) is 0 Å². The van der Waals surface area contributed by atoms with Crippen molar-refractivity contribution in [2.75, 3.05) is 32.8 Å². The van der Waals surface area contributed by atoms with Crippen LogP contribution in [0.3, 0.4) is 0 Å². The summed E-state index contributed by atoms with van der Waals surface area (Å²) in [6, 6.07) is 7.23. The quantitative estimate of drug-likeness (QED) is 0.860. The van der Waals surface area contributed by atoms with Crippen molar-refractivity contribution in [3.8, 4) is 0 Å². The molecule has 2 aliphatic rings. The molecule has 1 N–H and O–H groups in total. The molecule has 5 heteroatoms. The molecule has 2 fully saturated rings. The molecule has 4 nitrogen and oxygen atoms in total. The zero-order chi connectivity index (χ0) is 14.0. The Kier molecular flexibility index (Phi) is 3.96. The number of ether oxygens (including phenoxy) is 1. The van der Waals surface area contributed by atoms with Gasteiger partial charge < -0.3 is 15.0 Å².